The lowest BCUT2D eigenvalue weighted by atomic mass is 10.1. The van der Waals surface area contributed by atoms with Gasteiger partial charge in [-0.3, -0.25) is 0 Å². The van der Waals surface area contributed by atoms with Crippen LogP contribution >= 0.6 is 11.6 Å². The van der Waals surface area contributed by atoms with E-state index in [2.05, 4.69) is 16.3 Å². The molecule has 2 nitrogen and oxygen atoms in total. The summed E-state index contributed by atoms with van der Waals surface area (Å²) in [5, 5.41) is 4.03. The fourth-order valence-electron chi connectivity index (χ4n) is 2.11. The van der Waals surface area contributed by atoms with E-state index in [1.54, 1.807) is 0 Å². The van der Waals surface area contributed by atoms with E-state index in [1.807, 2.05) is 19.2 Å². The normalized spacial score (nSPS) is 16.5. The van der Waals surface area contributed by atoms with Crippen LogP contribution in [0.5, 0.6) is 0 Å². The largest absolute Gasteiger partial charge is 0.386 e. The van der Waals surface area contributed by atoms with Gasteiger partial charge in [0.2, 0.25) is 0 Å². The second-order valence-corrected chi connectivity index (χ2v) is 4.40. The van der Waals surface area contributed by atoms with E-state index in [4.69, 9.17) is 11.6 Å². The minimum Gasteiger partial charge on any atom is -0.386 e. The maximum atomic E-state index is 6.04. The van der Waals surface area contributed by atoms with Crippen molar-refractivity contribution in [3.05, 3.63) is 23.2 Å². The third-order valence-corrected chi connectivity index (χ3v) is 3.16. The average molecular weight is 225 g/mol. The molecule has 0 saturated carbocycles. The molecular weight excluding hydrogens is 208 g/mol. The van der Waals surface area contributed by atoms with Gasteiger partial charge < -0.3 is 10.2 Å². The second-order valence-electron chi connectivity index (χ2n) is 3.96. The molecule has 1 saturated heterocycles. The van der Waals surface area contributed by atoms with Crippen molar-refractivity contribution >= 4 is 23.0 Å². The summed E-state index contributed by atoms with van der Waals surface area (Å²) in [4.78, 5) is 2.42. The number of piperidine rings is 1. The van der Waals surface area contributed by atoms with Gasteiger partial charge in [-0.1, -0.05) is 11.6 Å². The van der Waals surface area contributed by atoms with Gasteiger partial charge in [-0.15, -0.1) is 0 Å². The van der Waals surface area contributed by atoms with Gasteiger partial charge in [-0.05, 0) is 37.5 Å². The van der Waals surface area contributed by atoms with Gasteiger partial charge in [-0.2, -0.15) is 0 Å². The van der Waals surface area contributed by atoms with Gasteiger partial charge in [-0.25, -0.2) is 0 Å². The highest BCUT2D eigenvalue weighted by atomic mass is 35.5. The van der Waals surface area contributed by atoms with Crippen molar-refractivity contribution in [2.45, 2.75) is 19.3 Å². The first-order valence-corrected chi connectivity index (χ1v) is 5.91. The van der Waals surface area contributed by atoms with Gasteiger partial charge in [0, 0.05) is 25.2 Å². The molecule has 1 heterocycles. The molecule has 0 unspecified atom stereocenters. The molecule has 82 valence electrons. The molecule has 1 N–H and O–H groups in total. The molecule has 0 spiro atoms. The van der Waals surface area contributed by atoms with Crippen LogP contribution in [0.2, 0.25) is 5.02 Å². The highest BCUT2D eigenvalue weighted by molar-refractivity contribution is 6.31. The van der Waals surface area contributed by atoms with Crippen LogP contribution in [0.1, 0.15) is 19.3 Å². The number of anilines is 2. The van der Waals surface area contributed by atoms with Gasteiger partial charge in [0.25, 0.3) is 0 Å². The van der Waals surface area contributed by atoms with Gasteiger partial charge in [0.15, 0.2) is 0 Å². The molecule has 1 aliphatic heterocycles. The Kier molecular flexibility index (Phi) is 3.37. The van der Waals surface area contributed by atoms with Crippen LogP contribution in [0, 0.1) is 0 Å². The molecule has 1 fully saturated rings. The van der Waals surface area contributed by atoms with Gasteiger partial charge in [0.05, 0.1) is 11.4 Å². The summed E-state index contributed by atoms with van der Waals surface area (Å²) < 4.78 is 0. The number of hydrogen-bond donors (Lipinski definition) is 1. The Morgan fingerprint density at radius 3 is 2.60 bits per heavy atom. The SMILES string of the molecule is CNc1ccc(Cl)cc1N1CCCCC1. The highest BCUT2D eigenvalue weighted by Crippen LogP contribution is 2.30. The molecule has 0 amide bonds. The Hall–Kier alpha value is -0.890. The fourth-order valence-corrected chi connectivity index (χ4v) is 2.28. The molecule has 15 heavy (non-hydrogen) atoms. The van der Waals surface area contributed by atoms with E-state index < -0.39 is 0 Å². The van der Waals surface area contributed by atoms with Crippen molar-refractivity contribution in [2.24, 2.45) is 0 Å². The first-order valence-electron chi connectivity index (χ1n) is 5.53. The van der Waals surface area contributed by atoms with Crippen LogP contribution in [-0.4, -0.2) is 20.1 Å². The zero-order valence-corrected chi connectivity index (χ0v) is 9.85. The standard InChI is InChI=1S/C12H17ClN2/c1-14-11-6-5-10(13)9-12(11)15-7-3-2-4-8-15/h5-6,9,14H,2-4,7-8H2,1H3. The molecule has 0 bridgehead atoms. The molecule has 0 radical (unpaired) electrons. The topological polar surface area (TPSA) is 15.3 Å². The highest BCUT2D eigenvalue weighted by Gasteiger charge is 2.14. The molecule has 0 aromatic heterocycles. The molecule has 0 aliphatic carbocycles. The Morgan fingerprint density at radius 2 is 1.93 bits per heavy atom. The summed E-state index contributed by atoms with van der Waals surface area (Å²) in [6.07, 6.45) is 3.93. The van der Waals surface area contributed by atoms with Crippen molar-refractivity contribution in [1.29, 1.82) is 0 Å². The predicted molar refractivity (Wildman–Crippen MR) is 67.1 cm³/mol. The average Bonchev–Trinajstić information content (AvgIpc) is 2.30. The third-order valence-electron chi connectivity index (χ3n) is 2.93. The minimum absolute atomic E-state index is 0.814. The fraction of sp³-hybridized carbons (Fsp3) is 0.500. The number of rotatable bonds is 2. The van der Waals surface area contributed by atoms with Crippen LogP contribution in [0.3, 0.4) is 0 Å². The molecule has 1 aliphatic rings. The lowest BCUT2D eigenvalue weighted by Gasteiger charge is -2.30. The summed E-state index contributed by atoms with van der Waals surface area (Å²) in [6.45, 7) is 2.30. The van der Waals surface area contributed by atoms with Crippen molar-refractivity contribution in [1.82, 2.24) is 0 Å². The van der Waals surface area contributed by atoms with Crippen molar-refractivity contribution < 1.29 is 0 Å². The zero-order valence-electron chi connectivity index (χ0n) is 9.09. The van der Waals surface area contributed by atoms with E-state index >= 15 is 0 Å². The van der Waals surface area contributed by atoms with Crippen LogP contribution in [0.15, 0.2) is 18.2 Å². The number of halogens is 1. The monoisotopic (exact) mass is 224 g/mol. The van der Waals surface area contributed by atoms with Crippen molar-refractivity contribution in [2.75, 3.05) is 30.4 Å². The van der Waals surface area contributed by atoms with Crippen LogP contribution in [-0.2, 0) is 0 Å². The Balaban J connectivity index is 2.27. The van der Waals surface area contributed by atoms with Gasteiger partial charge in [0.1, 0.15) is 0 Å². The predicted octanol–water partition coefficient (Wildman–Crippen LogP) is 3.37. The minimum atomic E-state index is 0.814. The maximum absolute atomic E-state index is 6.04. The van der Waals surface area contributed by atoms with Crippen molar-refractivity contribution in [3.8, 4) is 0 Å². The summed E-state index contributed by atoms with van der Waals surface area (Å²) in [7, 11) is 1.96. The van der Waals surface area contributed by atoms with E-state index in [-0.39, 0.29) is 0 Å². The molecular formula is C12H17ClN2. The number of nitrogens with one attached hydrogen (secondary N) is 1. The lowest BCUT2D eigenvalue weighted by Crippen LogP contribution is -2.29. The van der Waals surface area contributed by atoms with Crippen LogP contribution < -0.4 is 10.2 Å². The van der Waals surface area contributed by atoms with Crippen LogP contribution in [0.25, 0.3) is 0 Å². The molecule has 1 aromatic carbocycles. The molecule has 3 heteroatoms. The Labute approximate surface area is 96.2 Å². The van der Waals surface area contributed by atoms with Gasteiger partial charge >= 0.3 is 0 Å². The first kappa shape index (κ1) is 10.6. The van der Waals surface area contributed by atoms with E-state index in [9.17, 15) is 0 Å². The first-order chi connectivity index (χ1) is 7.31. The third kappa shape index (κ3) is 2.37. The molecule has 1 aromatic rings. The van der Waals surface area contributed by atoms with E-state index in [1.165, 1.54) is 30.6 Å². The number of hydrogen-bond acceptors (Lipinski definition) is 2. The quantitative estimate of drug-likeness (QED) is 0.829. The Morgan fingerprint density at radius 1 is 1.20 bits per heavy atom. The van der Waals surface area contributed by atoms with E-state index in [0.717, 1.165) is 18.1 Å². The smallest absolute Gasteiger partial charge is 0.0616 e. The molecule has 2 rings (SSSR count). The molecule has 0 atom stereocenters. The Bertz CT molecular complexity index is 332. The summed E-state index contributed by atoms with van der Waals surface area (Å²) in [5.74, 6) is 0. The summed E-state index contributed by atoms with van der Waals surface area (Å²) >= 11 is 6.04. The number of nitrogens with zero attached hydrogens (tertiary/aromatic N) is 1. The summed E-state index contributed by atoms with van der Waals surface area (Å²) in [6, 6.07) is 6.03. The number of benzene rings is 1. The summed E-state index contributed by atoms with van der Waals surface area (Å²) in [5.41, 5.74) is 2.41. The van der Waals surface area contributed by atoms with E-state index in [0.29, 0.717) is 0 Å². The zero-order chi connectivity index (χ0) is 10.7. The second kappa shape index (κ2) is 4.75. The maximum Gasteiger partial charge on any atom is 0.0616 e. The van der Waals surface area contributed by atoms with Crippen LogP contribution in [0.4, 0.5) is 11.4 Å². The van der Waals surface area contributed by atoms with Crippen molar-refractivity contribution in [3.63, 3.8) is 0 Å². The lowest BCUT2D eigenvalue weighted by molar-refractivity contribution is 0.578.